The van der Waals surface area contributed by atoms with Crippen molar-refractivity contribution in [2.24, 2.45) is 5.73 Å². The van der Waals surface area contributed by atoms with Crippen LogP contribution in [0, 0.1) is 17.1 Å². The first-order chi connectivity index (χ1) is 11.1. The number of nitriles is 1. The number of ether oxygens (including phenoxy) is 1. The van der Waals surface area contributed by atoms with E-state index >= 15 is 0 Å². The average molecular weight is 311 g/mol. The summed E-state index contributed by atoms with van der Waals surface area (Å²) in [5.74, 6) is -0.448. The van der Waals surface area contributed by atoms with Gasteiger partial charge in [0, 0.05) is 12.1 Å². The second-order valence-corrected chi connectivity index (χ2v) is 5.21. The number of hydrogen-bond donors (Lipinski definition) is 1. The van der Waals surface area contributed by atoms with Crippen LogP contribution in [0.1, 0.15) is 5.56 Å². The van der Waals surface area contributed by atoms with Crippen LogP contribution in [0.2, 0.25) is 0 Å². The van der Waals surface area contributed by atoms with Crippen molar-refractivity contribution < 1.29 is 13.9 Å². The van der Waals surface area contributed by atoms with Crippen molar-refractivity contribution in [3.05, 3.63) is 53.8 Å². The molecule has 6 heteroatoms. The number of rotatable bonds is 3. The summed E-state index contributed by atoms with van der Waals surface area (Å²) in [5.41, 5.74) is 7.50. The maximum atomic E-state index is 14.4. The summed E-state index contributed by atoms with van der Waals surface area (Å²) >= 11 is 0. The predicted molar refractivity (Wildman–Crippen MR) is 83.2 cm³/mol. The Morgan fingerprint density at radius 3 is 2.61 bits per heavy atom. The number of hydrogen-bond acceptors (Lipinski definition) is 4. The van der Waals surface area contributed by atoms with E-state index in [1.165, 1.54) is 11.0 Å². The molecule has 23 heavy (non-hydrogen) atoms. The van der Waals surface area contributed by atoms with Crippen LogP contribution in [0.5, 0.6) is 0 Å². The van der Waals surface area contributed by atoms with E-state index in [-0.39, 0.29) is 12.6 Å². The highest BCUT2D eigenvalue weighted by molar-refractivity contribution is 5.90. The number of nitrogens with two attached hydrogens (primary N) is 1. The van der Waals surface area contributed by atoms with E-state index in [0.29, 0.717) is 28.9 Å². The molecule has 2 aromatic carbocycles. The minimum Gasteiger partial charge on any atom is -0.443 e. The highest BCUT2D eigenvalue weighted by atomic mass is 19.1. The van der Waals surface area contributed by atoms with Gasteiger partial charge in [0.25, 0.3) is 0 Å². The zero-order valence-electron chi connectivity index (χ0n) is 12.2. The molecule has 5 nitrogen and oxygen atoms in total. The molecule has 0 unspecified atom stereocenters. The molecular weight excluding hydrogens is 297 g/mol. The summed E-state index contributed by atoms with van der Waals surface area (Å²) in [6, 6.07) is 13.2. The van der Waals surface area contributed by atoms with Crippen molar-refractivity contribution in [1.82, 2.24) is 0 Å². The SMILES string of the molecule is N#Cc1ccc(-c2ccc(N3C[C@H](CN)OC3=O)cc2F)cc1. The topological polar surface area (TPSA) is 79.3 Å². The van der Waals surface area contributed by atoms with Gasteiger partial charge in [0.1, 0.15) is 11.9 Å². The molecule has 1 saturated heterocycles. The Hall–Kier alpha value is -2.91. The van der Waals surface area contributed by atoms with Crippen molar-refractivity contribution in [3.8, 4) is 17.2 Å². The second kappa shape index (κ2) is 6.07. The van der Waals surface area contributed by atoms with Gasteiger partial charge in [0.15, 0.2) is 0 Å². The van der Waals surface area contributed by atoms with Crippen molar-refractivity contribution >= 4 is 11.8 Å². The third-order valence-corrected chi connectivity index (χ3v) is 3.73. The molecule has 1 atom stereocenters. The summed E-state index contributed by atoms with van der Waals surface area (Å²) in [6.45, 7) is 0.541. The van der Waals surface area contributed by atoms with E-state index in [0.717, 1.165) is 0 Å². The van der Waals surface area contributed by atoms with E-state index in [9.17, 15) is 9.18 Å². The normalized spacial score (nSPS) is 17.0. The first kappa shape index (κ1) is 15.0. The number of carbonyl (C=O) groups excluding carboxylic acids is 1. The van der Waals surface area contributed by atoms with Crippen LogP contribution in [0.15, 0.2) is 42.5 Å². The van der Waals surface area contributed by atoms with Crippen molar-refractivity contribution in [3.63, 3.8) is 0 Å². The molecule has 0 saturated carbocycles. The van der Waals surface area contributed by atoms with Crippen molar-refractivity contribution in [2.75, 3.05) is 18.0 Å². The van der Waals surface area contributed by atoms with Crippen molar-refractivity contribution in [2.45, 2.75) is 6.10 Å². The number of anilines is 1. The van der Waals surface area contributed by atoms with Crippen LogP contribution in [-0.2, 0) is 4.74 Å². The standard InChI is InChI=1S/C17H14FN3O2/c18-16-7-13(21-10-14(9-20)23-17(21)22)5-6-15(16)12-3-1-11(8-19)2-4-12/h1-7,14H,9-10,20H2/t14-/m0/s1. The van der Waals surface area contributed by atoms with Crippen molar-refractivity contribution in [1.29, 1.82) is 5.26 Å². The second-order valence-electron chi connectivity index (χ2n) is 5.21. The summed E-state index contributed by atoms with van der Waals surface area (Å²) in [5, 5.41) is 8.80. The smallest absolute Gasteiger partial charge is 0.414 e. The molecule has 3 rings (SSSR count). The van der Waals surface area contributed by atoms with E-state index in [1.807, 2.05) is 6.07 Å². The van der Waals surface area contributed by atoms with Crippen LogP contribution < -0.4 is 10.6 Å². The van der Waals surface area contributed by atoms with Gasteiger partial charge in [0.2, 0.25) is 0 Å². The molecule has 0 radical (unpaired) electrons. The highest BCUT2D eigenvalue weighted by Crippen LogP contribution is 2.29. The van der Waals surface area contributed by atoms with Gasteiger partial charge in [-0.2, -0.15) is 5.26 Å². The minimum atomic E-state index is -0.522. The molecule has 1 fully saturated rings. The van der Waals surface area contributed by atoms with Gasteiger partial charge in [-0.1, -0.05) is 12.1 Å². The third kappa shape index (κ3) is 2.87. The third-order valence-electron chi connectivity index (χ3n) is 3.73. The number of nitrogens with zero attached hydrogens (tertiary/aromatic N) is 2. The molecule has 1 aliphatic rings. The van der Waals surface area contributed by atoms with Gasteiger partial charge in [-0.3, -0.25) is 4.90 Å². The molecule has 1 aliphatic heterocycles. The van der Waals surface area contributed by atoms with Gasteiger partial charge in [0.05, 0.1) is 23.9 Å². The first-order valence-corrected chi connectivity index (χ1v) is 7.10. The Morgan fingerprint density at radius 1 is 1.30 bits per heavy atom. The Bertz CT molecular complexity index is 783. The molecule has 116 valence electrons. The number of halogens is 1. The lowest BCUT2D eigenvalue weighted by Crippen LogP contribution is -2.27. The highest BCUT2D eigenvalue weighted by Gasteiger charge is 2.31. The summed E-state index contributed by atoms with van der Waals surface area (Å²) in [6.07, 6.45) is -0.894. The number of cyclic esters (lactones) is 1. The molecule has 0 aliphatic carbocycles. The Morgan fingerprint density at radius 2 is 2.04 bits per heavy atom. The Labute approximate surface area is 132 Å². The van der Waals surface area contributed by atoms with Gasteiger partial charge in [-0.05, 0) is 35.9 Å². The molecule has 2 N–H and O–H groups in total. The van der Waals surface area contributed by atoms with Gasteiger partial charge in [-0.15, -0.1) is 0 Å². The van der Waals surface area contributed by atoms with E-state index < -0.39 is 11.9 Å². The van der Waals surface area contributed by atoms with E-state index in [2.05, 4.69) is 0 Å². The molecule has 1 amide bonds. The van der Waals surface area contributed by atoms with Crippen LogP contribution in [-0.4, -0.2) is 25.3 Å². The van der Waals surface area contributed by atoms with E-state index in [4.69, 9.17) is 15.7 Å². The molecule has 0 bridgehead atoms. The Balaban J connectivity index is 1.89. The first-order valence-electron chi connectivity index (χ1n) is 7.10. The number of amides is 1. The zero-order chi connectivity index (χ0) is 16.4. The summed E-state index contributed by atoms with van der Waals surface area (Å²) in [4.78, 5) is 13.1. The molecule has 1 heterocycles. The fourth-order valence-corrected chi connectivity index (χ4v) is 2.49. The average Bonchev–Trinajstić information content (AvgIpc) is 2.96. The number of benzene rings is 2. The van der Waals surface area contributed by atoms with Crippen LogP contribution in [0.3, 0.4) is 0 Å². The number of carbonyl (C=O) groups is 1. The Kier molecular flexibility index (Phi) is 3.96. The zero-order valence-corrected chi connectivity index (χ0v) is 12.2. The molecular formula is C17H14FN3O2. The van der Waals surface area contributed by atoms with Crippen LogP contribution in [0.4, 0.5) is 14.9 Å². The lowest BCUT2D eigenvalue weighted by Gasteiger charge is -2.14. The fourth-order valence-electron chi connectivity index (χ4n) is 2.49. The quantitative estimate of drug-likeness (QED) is 0.945. The predicted octanol–water partition coefficient (Wildman–Crippen LogP) is 2.65. The maximum absolute atomic E-state index is 14.4. The summed E-state index contributed by atoms with van der Waals surface area (Å²) in [7, 11) is 0. The maximum Gasteiger partial charge on any atom is 0.414 e. The lowest BCUT2D eigenvalue weighted by molar-refractivity contribution is 0.145. The molecule has 2 aromatic rings. The van der Waals surface area contributed by atoms with E-state index in [1.54, 1.807) is 36.4 Å². The largest absolute Gasteiger partial charge is 0.443 e. The molecule has 0 spiro atoms. The van der Waals surface area contributed by atoms with Gasteiger partial charge < -0.3 is 10.5 Å². The van der Waals surface area contributed by atoms with Crippen LogP contribution >= 0.6 is 0 Å². The van der Waals surface area contributed by atoms with Gasteiger partial charge in [-0.25, -0.2) is 9.18 Å². The van der Waals surface area contributed by atoms with Crippen LogP contribution in [0.25, 0.3) is 11.1 Å². The summed E-state index contributed by atoms with van der Waals surface area (Å²) < 4.78 is 19.5. The fraction of sp³-hybridized carbons (Fsp3) is 0.176. The minimum absolute atomic E-state index is 0.230. The lowest BCUT2D eigenvalue weighted by atomic mass is 10.0. The monoisotopic (exact) mass is 311 g/mol. The molecule has 0 aromatic heterocycles. The van der Waals surface area contributed by atoms with Gasteiger partial charge >= 0.3 is 6.09 Å².